The van der Waals surface area contributed by atoms with Crippen molar-refractivity contribution in [2.24, 2.45) is 0 Å². The molecule has 1 N–H and O–H groups in total. The quantitative estimate of drug-likeness (QED) is 0.117. The van der Waals surface area contributed by atoms with Crippen molar-refractivity contribution in [2.45, 2.75) is 16.3 Å². The third kappa shape index (κ3) is 8.54. The molecule has 0 bridgehead atoms. The van der Waals surface area contributed by atoms with Gasteiger partial charge in [-0.2, -0.15) is 4.39 Å². The largest absolute Gasteiger partial charge is 0.375 e. The van der Waals surface area contributed by atoms with Gasteiger partial charge >= 0.3 is 5.69 Å². The highest BCUT2D eigenvalue weighted by atomic mass is 32.2. The molecule has 0 heterocycles. The smallest absolute Gasteiger partial charge is 0.306 e. The van der Waals surface area contributed by atoms with Crippen molar-refractivity contribution in [2.75, 3.05) is 28.0 Å². The zero-order chi connectivity index (χ0) is 35.8. The van der Waals surface area contributed by atoms with E-state index in [0.717, 1.165) is 26.3 Å². The Hall–Kier alpha value is -5.87. The van der Waals surface area contributed by atoms with E-state index in [9.17, 15) is 41.5 Å². The van der Waals surface area contributed by atoms with Gasteiger partial charge in [0.15, 0.2) is 0 Å². The molecular weight excluding hydrogens is 678 g/mol. The highest BCUT2D eigenvalue weighted by Crippen LogP contribution is 2.32. The summed E-state index contributed by atoms with van der Waals surface area (Å²) in [4.78, 5) is 21.0. The second kappa shape index (κ2) is 15.4. The van der Waals surface area contributed by atoms with Gasteiger partial charge in [-0.15, -0.1) is 0 Å². The third-order valence-electron chi connectivity index (χ3n) is 7.16. The van der Waals surface area contributed by atoms with Gasteiger partial charge in [0.1, 0.15) is 5.69 Å². The number of nitro groups is 2. The van der Waals surface area contributed by atoms with E-state index in [1.165, 1.54) is 56.6 Å². The van der Waals surface area contributed by atoms with Crippen LogP contribution in [0.1, 0.15) is 5.56 Å². The molecule has 16 heteroatoms. The summed E-state index contributed by atoms with van der Waals surface area (Å²) >= 11 is 0. The van der Waals surface area contributed by atoms with E-state index in [1.54, 1.807) is 42.5 Å². The van der Waals surface area contributed by atoms with Gasteiger partial charge in [0, 0.05) is 32.8 Å². The van der Waals surface area contributed by atoms with E-state index >= 15 is 0 Å². The Morgan fingerprint density at radius 1 is 0.612 bits per heavy atom. The fourth-order valence-corrected chi connectivity index (χ4v) is 6.84. The first-order valence-electron chi connectivity index (χ1n) is 14.3. The van der Waals surface area contributed by atoms with Crippen LogP contribution in [0.3, 0.4) is 0 Å². The normalized spacial score (nSPS) is 11.1. The predicted octanol–water partition coefficient (Wildman–Crippen LogP) is 6.59. The predicted molar refractivity (Wildman–Crippen MR) is 184 cm³/mol. The summed E-state index contributed by atoms with van der Waals surface area (Å²) < 4.78 is 65.4. The molecule has 0 aliphatic carbocycles. The molecule has 0 fully saturated rings. The van der Waals surface area contributed by atoms with Crippen LogP contribution in [0.25, 0.3) is 0 Å². The van der Waals surface area contributed by atoms with E-state index in [2.05, 4.69) is 5.32 Å². The molecule has 0 radical (unpaired) electrons. The zero-order valence-corrected chi connectivity index (χ0v) is 27.7. The Morgan fingerprint density at radius 2 is 1.02 bits per heavy atom. The lowest BCUT2D eigenvalue weighted by Crippen LogP contribution is -2.26. The van der Waals surface area contributed by atoms with Crippen LogP contribution in [0, 0.1) is 26.0 Å². The number of nitro benzene ring substituents is 2. The molecule has 5 aromatic carbocycles. The summed E-state index contributed by atoms with van der Waals surface area (Å²) in [5.41, 5.74) is 0.548. The van der Waals surface area contributed by atoms with Crippen molar-refractivity contribution in [1.82, 2.24) is 0 Å². The lowest BCUT2D eigenvalue weighted by molar-refractivity contribution is -0.387. The van der Waals surface area contributed by atoms with Gasteiger partial charge in [-0.1, -0.05) is 66.7 Å². The SMILES string of the molecule is CN(c1ccc(F)c([N+](=O)[O-])c1)S(=O)(=O)c1ccccc1.CN(c1ccc(NCc2ccccc2)c([N+](=O)[O-])c1)S(=O)(=O)c1ccccc1. The summed E-state index contributed by atoms with van der Waals surface area (Å²) in [6.07, 6.45) is 0. The number of rotatable bonds is 11. The average molecular weight is 708 g/mol. The molecule has 0 atom stereocenters. The number of halogens is 1. The number of nitrogens with one attached hydrogen (secondary N) is 1. The van der Waals surface area contributed by atoms with E-state index < -0.39 is 41.4 Å². The maximum atomic E-state index is 13.3. The van der Waals surface area contributed by atoms with Crippen LogP contribution in [-0.4, -0.2) is 40.8 Å². The molecule has 0 aliphatic rings. The fraction of sp³-hybridized carbons (Fsp3) is 0.0909. The number of hydrogen-bond acceptors (Lipinski definition) is 9. The van der Waals surface area contributed by atoms with E-state index in [0.29, 0.717) is 12.2 Å². The Kier molecular flexibility index (Phi) is 11.3. The molecule has 5 rings (SSSR count). The molecule has 5 aromatic rings. The summed E-state index contributed by atoms with van der Waals surface area (Å²) in [5, 5.41) is 25.3. The number of nitrogens with zero attached hydrogens (tertiary/aromatic N) is 4. The standard InChI is InChI=1S/C20H19N3O4S.C13H11FN2O4S/c1-22(28(26,27)18-10-6-3-7-11-18)17-12-13-19(20(14-17)23(24)25)21-15-16-8-4-2-5-9-16;1-15(21(19,20)11-5-3-2-4-6-11)10-7-8-12(14)13(9-10)16(17)18/h2-14,21H,15H2,1H3;2-9H,1H3. The fourth-order valence-electron chi connectivity index (χ4n) is 4.43. The maximum absolute atomic E-state index is 13.3. The van der Waals surface area contributed by atoms with Crippen LogP contribution in [0.4, 0.5) is 32.8 Å². The number of anilines is 3. The van der Waals surface area contributed by atoms with Crippen LogP contribution >= 0.6 is 0 Å². The summed E-state index contributed by atoms with van der Waals surface area (Å²) in [6.45, 7) is 0.416. The number of sulfonamides is 2. The van der Waals surface area contributed by atoms with Crippen LogP contribution < -0.4 is 13.9 Å². The summed E-state index contributed by atoms with van der Waals surface area (Å²) in [5.74, 6) is -1.02. The molecule has 0 unspecified atom stereocenters. The molecular formula is C33H30FN5O8S2. The Bertz CT molecular complexity index is 2160. The summed E-state index contributed by atoms with van der Waals surface area (Å²) in [6, 6.07) is 32.3. The highest BCUT2D eigenvalue weighted by molar-refractivity contribution is 7.93. The molecule has 0 spiro atoms. The summed E-state index contributed by atoms with van der Waals surface area (Å²) in [7, 11) is -5.05. The van der Waals surface area contributed by atoms with Crippen molar-refractivity contribution in [3.05, 3.63) is 159 Å². The minimum Gasteiger partial charge on any atom is -0.375 e. The molecule has 0 saturated carbocycles. The monoisotopic (exact) mass is 707 g/mol. The first-order chi connectivity index (χ1) is 23.2. The van der Waals surface area contributed by atoms with Gasteiger partial charge in [-0.05, 0) is 54.1 Å². The van der Waals surface area contributed by atoms with Crippen molar-refractivity contribution in [3.8, 4) is 0 Å². The van der Waals surface area contributed by atoms with Gasteiger partial charge in [0.2, 0.25) is 5.82 Å². The van der Waals surface area contributed by atoms with E-state index in [1.807, 2.05) is 30.3 Å². The van der Waals surface area contributed by atoms with Gasteiger partial charge in [-0.25, -0.2) is 16.8 Å². The van der Waals surface area contributed by atoms with Gasteiger partial charge in [0.05, 0.1) is 31.0 Å². The molecule has 13 nitrogen and oxygen atoms in total. The molecule has 254 valence electrons. The Morgan fingerprint density at radius 3 is 1.47 bits per heavy atom. The number of hydrogen-bond donors (Lipinski definition) is 1. The van der Waals surface area contributed by atoms with Crippen LogP contribution in [0.15, 0.2) is 137 Å². The molecule has 49 heavy (non-hydrogen) atoms. The molecule has 0 saturated heterocycles. The Labute approximate surface area is 282 Å². The minimum absolute atomic E-state index is 0.00644. The average Bonchev–Trinajstić information content (AvgIpc) is 3.11. The Balaban J connectivity index is 0.000000230. The van der Waals surface area contributed by atoms with Crippen molar-refractivity contribution < 1.29 is 31.1 Å². The van der Waals surface area contributed by atoms with Crippen molar-refractivity contribution >= 4 is 48.5 Å². The first kappa shape index (κ1) is 36.0. The maximum Gasteiger partial charge on any atom is 0.306 e. The second-order valence-electron chi connectivity index (χ2n) is 10.3. The molecule has 0 aliphatic heterocycles. The lowest BCUT2D eigenvalue weighted by Gasteiger charge is -2.20. The third-order valence-corrected chi connectivity index (χ3v) is 10.8. The number of benzene rings is 5. The van der Waals surface area contributed by atoms with Gasteiger partial charge in [0.25, 0.3) is 25.7 Å². The second-order valence-corrected chi connectivity index (χ2v) is 14.2. The molecule has 0 aromatic heterocycles. The lowest BCUT2D eigenvalue weighted by atomic mass is 10.2. The van der Waals surface area contributed by atoms with Crippen molar-refractivity contribution in [3.63, 3.8) is 0 Å². The molecule has 0 amide bonds. The van der Waals surface area contributed by atoms with Gasteiger partial charge in [-0.3, -0.25) is 28.8 Å². The van der Waals surface area contributed by atoms with E-state index in [4.69, 9.17) is 0 Å². The van der Waals surface area contributed by atoms with Crippen LogP contribution in [0.2, 0.25) is 0 Å². The minimum atomic E-state index is -3.86. The van der Waals surface area contributed by atoms with E-state index in [-0.39, 0.29) is 26.9 Å². The zero-order valence-electron chi connectivity index (χ0n) is 26.1. The van der Waals surface area contributed by atoms with Crippen LogP contribution in [0.5, 0.6) is 0 Å². The van der Waals surface area contributed by atoms with Gasteiger partial charge < -0.3 is 5.32 Å². The van der Waals surface area contributed by atoms with Crippen LogP contribution in [-0.2, 0) is 26.6 Å². The topological polar surface area (TPSA) is 173 Å². The first-order valence-corrected chi connectivity index (χ1v) is 17.2. The highest BCUT2D eigenvalue weighted by Gasteiger charge is 2.25. The van der Waals surface area contributed by atoms with Crippen molar-refractivity contribution in [1.29, 1.82) is 0 Å².